The van der Waals surface area contributed by atoms with Gasteiger partial charge in [0.25, 0.3) is 0 Å². The van der Waals surface area contributed by atoms with Crippen LogP contribution in [0.15, 0.2) is 23.8 Å². The van der Waals surface area contributed by atoms with Gasteiger partial charge in [-0.3, -0.25) is 4.79 Å². The minimum Gasteiger partial charge on any atom is -0.458 e. The van der Waals surface area contributed by atoms with E-state index in [2.05, 4.69) is 13.5 Å². The Balaban J connectivity index is 1.93. The average molecular weight is 407 g/mol. The van der Waals surface area contributed by atoms with Gasteiger partial charge in [0.1, 0.15) is 12.7 Å². The predicted octanol–water partition coefficient (Wildman–Crippen LogP) is 2.92. The smallest absolute Gasteiger partial charge is 0.337 e. The molecule has 162 valence electrons. The third-order valence-corrected chi connectivity index (χ3v) is 7.81. The van der Waals surface area contributed by atoms with E-state index in [1.165, 1.54) is 0 Å². The average Bonchev–Trinajstić information content (AvgIpc) is 3.12. The number of carbonyl (C=O) groups excluding carboxylic acids is 2. The minimum atomic E-state index is -0.665. The molecule has 0 aromatic heterocycles. The van der Waals surface area contributed by atoms with Crippen LogP contribution in [-0.2, 0) is 19.1 Å². The highest BCUT2D eigenvalue weighted by atomic mass is 16.6. The summed E-state index contributed by atoms with van der Waals surface area (Å²) in [7, 11) is 0. The van der Waals surface area contributed by atoms with Crippen molar-refractivity contribution in [1.82, 2.24) is 0 Å². The minimum absolute atomic E-state index is 0.0172. The molecule has 6 nitrogen and oxygen atoms in total. The highest BCUT2D eigenvalue weighted by Crippen LogP contribution is 2.62. The largest absolute Gasteiger partial charge is 0.458 e. The Hall–Kier alpha value is -1.66. The standard InChI is InChI=1S/C23H34O6/c1-5-20(26)29-17(15-9-11-28-21(15)27)12-16-14(2)6-7-18-22(16,3)10-8-19(25)23(18,4)13-24/h9,16-19,24-25H,2,5-8,10-13H2,1,3-4H3/t16-,17?,18+,19-,22+,23+/m1/s1. The van der Waals surface area contributed by atoms with Crippen LogP contribution in [0.25, 0.3) is 0 Å². The highest BCUT2D eigenvalue weighted by molar-refractivity contribution is 5.92. The molecule has 0 bridgehead atoms. The van der Waals surface area contributed by atoms with E-state index in [4.69, 9.17) is 9.47 Å². The van der Waals surface area contributed by atoms with Crippen molar-refractivity contribution in [3.8, 4) is 0 Å². The normalized spacial score (nSPS) is 38.1. The maximum absolute atomic E-state index is 12.2. The molecule has 0 amide bonds. The first-order chi connectivity index (χ1) is 13.7. The molecule has 2 N–H and O–H groups in total. The zero-order chi connectivity index (χ0) is 21.4. The van der Waals surface area contributed by atoms with Crippen molar-refractivity contribution >= 4 is 11.9 Å². The van der Waals surface area contributed by atoms with Crippen LogP contribution in [-0.4, -0.2) is 47.6 Å². The maximum atomic E-state index is 12.2. The van der Waals surface area contributed by atoms with Crippen LogP contribution in [0.5, 0.6) is 0 Å². The molecule has 2 aliphatic carbocycles. The summed E-state index contributed by atoms with van der Waals surface area (Å²) < 4.78 is 10.7. The fourth-order valence-corrected chi connectivity index (χ4v) is 5.97. The molecule has 1 heterocycles. The number of ether oxygens (including phenoxy) is 2. The third kappa shape index (κ3) is 3.77. The Kier molecular flexibility index (Phi) is 6.25. The number of hydrogen-bond donors (Lipinski definition) is 2. The van der Waals surface area contributed by atoms with Crippen LogP contribution in [0.3, 0.4) is 0 Å². The van der Waals surface area contributed by atoms with Gasteiger partial charge in [-0.05, 0) is 55.4 Å². The summed E-state index contributed by atoms with van der Waals surface area (Å²) in [5, 5.41) is 20.8. The molecule has 0 saturated heterocycles. The summed E-state index contributed by atoms with van der Waals surface area (Å²) in [5.74, 6) is -0.644. The number of allylic oxidation sites excluding steroid dienone is 1. The number of aliphatic hydroxyl groups is 2. The van der Waals surface area contributed by atoms with Crippen molar-refractivity contribution in [1.29, 1.82) is 0 Å². The van der Waals surface area contributed by atoms with E-state index in [1.54, 1.807) is 13.0 Å². The number of rotatable bonds is 6. The predicted molar refractivity (Wildman–Crippen MR) is 108 cm³/mol. The van der Waals surface area contributed by atoms with Crippen LogP contribution in [0, 0.1) is 22.7 Å². The zero-order valence-electron chi connectivity index (χ0n) is 17.8. The van der Waals surface area contributed by atoms with Gasteiger partial charge in [0.2, 0.25) is 0 Å². The second-order valence-electron chi connectivity index (χ2n) is 9.35. The van der Waals surface area contributed by atoms with Crippen molar-refractivity contribution < 1.29 is 29.3 Å². The molecule has 6 heteroatoms. The number of carbonyl (C=O) groups is 2. The monoisotopic (exact) mass is 406 g/mol. The summed E-state index contributed by atoms with van der Waals surface area (Å²) in [5.41, 5.74) is 0.718. The first-order valence-corrected chi connectivity index (χ1v) is 10.7. The molecule has 2 saturated carbocycles. The molecule has 1 unspecified atom stereocenters. The number of fused-ring (bicyclic) bond motifs is 1. The van der Waals surface area contributed by atoms with E-state index in [0.29, 0.717) is 18.4 Å². The lowest BCUT2D eigenvalue weighted by Crippen LogP contribution is -2.57. The van der Waals surface area contributed by atoms with E-state index < -0.39 is 23.6 Å². The van der Waals surface area contributed by atoms with Gasteiger partial charge < -0.3 is 19.7 Å². The number of hydrogen-bond acceptors (Lipinski definition) is 6. The summed E-state index contributed by atoms with van der Waals surface area (Å²) in [6.07, 6.45) is 4.27. The summed E-state index contributed by atoms with van der Waals surface area (Å²) in [6, 6.07) is 0. The lowest BCUT2D eigenvalue weighted by Gasteiger charge is -2.60. The van der Waals surface area contributed by atoms with E-state index in [9.17, 15) is 19.8 Å². The van der Waals surface area contributed by atoms with Gasteiger partial charge in [-0.1, -0.05) is 32.9 Å². The molecule has 3 aliphatic rings. The topological polar surface area (TPSA) is 93.1 Å². The second kappa shape index (κ2) is 8.23. The van der Waals surface area contributed by atoms with Crippen molar-refractivity contribution in [2.24, 2.45) is 22.7 Å². The quantitative estimate of drug-likeness (QED) is 0.520. The molecule has 0 spiro atoms. The van der Waals surface area contributed by atoms with Crippen LogP contribution >= 0.6 is 0 Å². The summed E-state index contributed by atoms with van der Waals surface area (Å²) in [4.78, 5) is 24.3. The van der Waals surface area contributed by atoms with E-state index in [-0.39, 0.29) is 42.9 Å². The molecule has 0 radical (unpaired) electrons. The van der Waals surface area contributed by atoms with Gasteiger partial charge >= 0.3 is 11.9 Å². The molecule has 2 fully saturated rings. The van der Waals surface area contributed by atoms with Crippen LogP contribution in [0.1, 0.15) is 59.3 Å². The Morgan fingerprint density at radius 3 is 2.72 bits per heavy atom. The van der Waals surface area contributed by atoms with Gasteiger partial charge in [-0.2, -0.15) is 0 Å². The molecule has 1 aliphatic heterocycles. The lowest BCUT2D eigenvalue weighted by atomic mass is 9.46. The number of cyclic esters (lactones) is 1. The van der Waals surface area contributed by atoms with Gasteiger partial charge in [0, 0.05) is 11.8 Å². The second-order valence-corrected chi connectivity index (χ2v) is 9.35. The SMILES string of the molecule is C=C1CC[C@@H]2[C@](C)(CO)[C@H](O)CC[C@@]2(C)[C@@H]1CC(OC(=O)CC)C1=CCOC1=O. The summed E-state index contributed by atoms with van der Waals surface area (Å²) in [6.45, 7) is 10.4. The van der Waals surface area contributed by atoms with Crippen LogP contribution < -0.4 is 0 Å². The first-order valence-electron chi connectivity index (χ1n) is 10.7. The van der Waals surface area contributed by atoms with Gasteiger partial charge in [-0.15, -0.1) is 0 Å². The first kappa shape index (κ1) is 22.0. The van der Waals surface area contributed by atoms with E-state index in [0.717, 1.165) is 24.8 Å². The fraction of sp³-hybridized carbons (Fsp3) is 0.739. The van der Waals surface area contributed by atoms with Crippen molar-refractivity contribution in [3.05, 3.63) is 23.8 Å². The van der Waals surface area contributed by atoms with Crippen molar-refractivity contribution in [3.63, 3.8) is 0 Å². The van der Waals surface area contributed by atoms with E-state index >= 15 is 0 Å². The summed E-state index contributed by atoms with van der Waals surface area (Å²) >= 11 is 0. The lowest BCUT2D eigenvalue weighted by molar-refractivity contribution is -0.160. The number of aliphatic hydroxyl groups excluding tert-OH is 2. The number of esters is 2. The van der Waals surface area contributed by atoms with Crippen LogP contribution in [0.2, 0.25) is 0 Å². The van der Waals surface area contributed by atoms with Gasteiger partial charge in [0.15, 0.2) is 0 Å². The maximum Gasteiger partial charge on any atom is 0.337 e. The van der Waals surface area contributed by atoms with Gasteiger partial charge in [0.05, 0.1) is 18.3 Å². The fourth-order valence-electron chi connectivity index (χ4n) is 5.97. The molecular formula is C23H34O6. The molecule has 3 rings (SSSR count). The molecule has 0 aromatic carbocycles. The third-order valence-electron chi connectivity index (χ3n) is 7.81. The van der Waals surface area contributed by atoms with E-state index in [1.807, 2.05) is 6.92 Å². The molecular weight excluding hydrogens is 372 g/mol. The molecule has 29 heavy (non-hydrogen) atoms. The molecule has 0 aromatic rings. The highest BCUT2D eigenvalue weighted by Gasteiger charge is 2.58. The zero-order valence-corrected chi connectivity index (χ0v) is 17.8. The Labute approximate surface area is 173 Å². The molecule has 6 atom stereocenters. The Morgan fingerprint density at radius 2 is 2.14 bits per heavy atom. The van der Waals surface area contributed by atoms with Crippen molar-refractivity contribution in [2.75, 3.05) is 13.2 Å². The van der Waals surface area contributed by atoms with Crippen molar-refractivity contribution in [2.45, 2.75) is 71.5 Å². The Morgan fingerprint density at radius 1 is 1.41 bits per heavy atom. The van der Waals surface area contributed by atoms with Gasteiger partial charge in [-0.25, -0.2) is 4.79 Å². The van der Waals surface area contributed by atoms with Crippen LogP contribution in [0.4, 0.5) is 0 Å². The Bertz CT molecular complexity index is 712.